The predicted octanol–water partition coefficient (Wildman–Crippen LogP) is 3.68. The number of hydrogen-bond donors (Lipinski definition) is 1. The van der Waals surface area contributed by atoms with E-state index in [9.17, 15) is 4.79 Å². The number of tetrazole rings is 1. The SMILES string of the molecule is CCCC(CC(=O)O)n1nnnc1-c1ccc(Br)cc1Br. The van der Waals surface area contributed by atoms with Gasteiger partial charge in [-0.3, -0.25) is 4.79 Å². The zero-order valence-electron chi connectivity index (χ0n) is 11.3. The first kappa shape index (κ1) is 16.1. The quantitative estimate of drug-likeness (QED) is 0.775. The Balaban J connectivity index is 2.42. The van der Waals surface area contributed by atoms with E-state index in [1.807, 2.05) is 25.1 Å². The van der Waals surface area contributed by atoms with E-state index in [2.05, 4.69) is 47.4 Å². The van der Waals surface area contributed by atoms with Gasteiger partial charge in [0.1, 0.15) is 0 Å². The topological polar surface area (TPSA) is 80.9 Å². The van der Waals surface area contributed by atoms with E-state index in [0.29, 0.717) is 12.2 Å². The third kappa shape index (κ3) is 3.88. The molecule has 1 unspecified atom stereocenters. The van der Waals surface area contributed by atoms with Gasteiger partial charge in [-0.15, -0.1) is 5.10 Å². The number of carboxylic acid groups (broad SMARTS) is 1. The van der Waals surface area contributed by atoms with E-state index < -0.39 is 5.97 Å². The summed E-state index contributed by atoms with van der Waals surface area (Å²) in [6.45, 7) is 2.01. The maximum atomic E-state index is 11.0. The highest BCUT2D eigenvalue weighted by atomic mass is 79.9. The third-order valence-corrected chi connectivity index (χ3v) is 4.19. The fourth-order valence-electron chi connectivity index (χ4n) is 2.13. The molecule has 0 amide bonds. The van der Waals surface area contributed by atoms with Crippen LogP contribution in [0, 0.1) is 0 Å². The lowest BCUT2D eigenvalue weighted by atomic mass is 10.1. The highest BCUT2D eigenvalue weighted by Gasteiger charge is 2.21. The molecule has 21 heavy (non-hydrogen) atoms. The molecule has 1 N–H and O–H groups in total. The van der Waals surface area contributed by atoms with Crippen LogP contribution >= 0.6 is 31.9 Å². The summed E-state index contributed by atoms with van der Waals surface area (Å²) in [4.78, 5) is 11.0. The first-order chi connectivity index (χ1) is 10.0. The van der Waals surface area contributed by atoms with Crippen LogP contribution in [0.2, 0.25) is 0 Å². The molecule has 1 aromatic heterocycles. The second-order valence-corrected chi connectivity index (χ2v) is 6.38. The number of carboxylic acids is 1. The van der Waals surface area contributed by atoms with Crippen molar-refractivity contribution in [2.45, 2.75) is 32.2 Å². The molecular weight excluding hydrogens is 404 g/mol. The third-order valence-electron chi connectivity index (χ3n) is 3.04. The van der Waals surface area contributed by atoms with Crippen LogP contribution in [0.1, 0.15) is 32.2 Å². The van der Waals surface area contributed by atoms with Gasteiger partial charge in [-0.05, 0) is 51.0 Å². The number of benzene rings is 1. The van der Waals surface area contributed by atoms with Crippen molar-refractivity contribution < 1.29 is 9.90 Å². The Hall–Kier alpha value is -1.28. The molecule has 1 aromatic carbocycles. The summed E-state index contributed by atoms with van der Waals surface area (Å²) in [5, 5.41) is 20.8. The predicted molar refractivity (Wildman–Crippen MR) is 84.9 cm³/mol. The van der Waals surface area contributed by atoms with Crippen LogP contribution in [0.25, 0.3) is 11.4 Å². The zero-order chi connectivity index (χ0) is 15.4. The molecule has 0 fully saturated rings. The Labute approximate surface area is 138 Å². The highest BCUT2D eigenvalue weighted by Crippen LogP contribution is 2.31. The molecule has 0 saturated heterocycles. The molecule has 0 bridgehead atoms. The second kappa shape index (κ2) is 7.13. The Morgan fingerprint density at radius 3 is 2.81 bits per heavy atom. The van der Waals surface area contributed by atoms with Gasteiger partial charge in [-0.1, -0.05) is 29.3 Å². The molecule has 6 nitrogen and oxygen atoms in total. The number of halogens is 2. The molecule has 1 heterocycles. The monoisotopic (exact) mass is 416 g/mol. The fraction of sp³-hybridized carbons (Fsp3) is 0.385. The number of carbonyl (C=O) groups is 1. The average Bonchev–Trinajstić information content (AvgIpc) is 2.86. The summed E-state index contributed by atoms with van der Waals surface area (Å²) in [6.07, 6.45) is 1.57. The van der Waals surface area contributed by atoms with Gasteiger partial charge in [0.25, 0.3) is 0 Å². The minimum atomic E-state index is -0.857. The lowest BCUT2D eigenvalue weighted by Gasteiger charge is -2.16. The van der Waals surface area contributed by atoms with E-state index in [0.717, 1.165) is 20.9 Å². The van der Waals surface area contributed by atoms with Crippen molar-refractivity contribution in [1.29, 1.82) is 0 Å². The van der Waals surface area contributed by atoms with Crippen molar-refractivity contribution in [2.75, 3.05) is 0 Å². The van der Waals surface area contributed by atoms with Crippen LogP contribution < -0.4 is 0 Å². The summed E-state index contributed by atoms with van der Waals surface area (Å²) >= 11 is 6.88. The molecule has 0 aliphatic heterocycles. The highest BCUT2D eigenvalue weighted by molar-refractivity contribution is 9.11. The van der Waals surface area contributed by atoms with Crippen LogP contribution in [-0.4, -0.2) is 31.3 Å². The zero-order valence-corrected chi connectivity index (χ0v) is 14.5. The summed E-state index contributed by atoms with van der Waals surface area (Å²) in [5.41, 5.74) is 0.828. The number of nitrogens with zero attached hydrogens (tertiary/aromatic N) is 4. The molecule has 0 saturated carbocycles. The van der Waals surface area contributed by atoms with Gasteiger partial charge in [-0.2, -0.15) is 0 Å². The Kier molecular flexibility index (Phi) is 5.46. The van der Waals surface area contributed by atoms with Crippen LogP contribution in [0.5, 0.6) is 0 Å². The maximum Gasteiger partial charge on any atom is 0.305 e. The van der Waals surface area contributed by atoms with E-state index in [-0.39, 0.29) is 12.5 Å². The molecule has 0 aliphatic rings. The van der Waals surface area contributed by atoms with Crippen molar-refractivity contribution in [1.82, 2.24) is 20.2 Å². The summed E-state index contributed by atoms with van der Waals surface area (Å²) < 4.78 is 3.39. The number of aromatic nitrogens is 4. The fourth-order valence-corrected chi connectivity index (χ4v) is 3.36. The normalized spacial score (nSPS) is 12.3. The van der Waals surface area contributed by atoms with Gasteiger partial charge in [-0.25, -0.2) is 4.68 Å². The molecule has 8 heteroatoms. The summed E-state index contributed by atoms with van der Waals surface area (Å²) in [6, 6.07) is 5.43. The Morgan fingerprint density at radius 1 is 1.43 bits per heavy atom. The summed E-state index contributed by atoms with van der Waals surface area (Å²) in [7, 11) is 0. The van der Waals surface area contributed by atoms with Crippen LogP contribution in [0.3, 0.4) is 0 Å². The van der Waals surface area contributed by atoms with Gasteiger partial charge in [0.2, 0.25) is 0 Å². The molecule has 112 valence electrons. The molecule has 2 aromatic rings. The van der Waals surface area contributed by atoms with Gasteiger partial charge in [0.05, 0.1) is 12.5 Å². The lowest BCUT2D eigenvalue weighted by Crippen LogP contribution is -2.16. The standard InChI is InChI=1S/C13H14Br2N4O2/c1-2-3-9(7-12(20)21)19-13(16-17-18-19)10-5-4-8(14)6-11(10)15/h4-6,9H,2-3,7H2,1H3,(H,20,21). The lowest BCUT2D eigenvalue weighted by molar-refractivity contribution is -0.138. The molecule has 0 radical (unpaired) electrons. The van der Waals surface area contributed by atoms with Gasteiger partial charge in [0.15, 0.2) is 5.82 Å². The van der Waals surface area contributed by atoms with Gasteiger partial charge >= 0.3 is 5.97 Å². The molecular formula is C13H14Br2N4O2. The van der Waals surface area contributed by atoms with Gasteiger partial charge < -0.3 is 5.11 Å². The second-order valence-electron chi connectivity index (χ2n) is 4.61. The number of rotatable bonds is 6. The number of hydrogen-bond acceptors (Lipinski definition) is 4. The van der Waals surface area contributed by atoms with Crippen molar-refractivity contribution in [3.05, 3.63) is 27.1 Å². The van der Waals surface area contributed by atoms with Crippen molar-refractivity contribution in [3.8, 4) is 11.4 Å². The first-order valence-electron chi connectivity index (χ1n) is 6.48. The first-order valence-corrected chi connectivity index (χ1v) is 8.06. The smallest absolute Gasteiger partial charge is 0.305 e. The largest absolute Gasteiger partial charge is 0.481 e. The molecule has 2 rings (SSSR count). The van der Waals surface area contributed by atoms with E-state index in [1.54, 1.807) is 4.68 Å². The maximum absolute atomic E-state index is 11.0. The Bertz CT molecular complexity index is 645. The van der Waals surface area contributed by atoms with Crippen LogP contribution in [0.4, 0.5) is 0 Å². The summed E-state index contributed by atoms with van der Waals surface area (Å²) in [5.74, 6) is -0.293. The van der Waals surface area contributed by atoms with E-state index in [1.165, 1.54) is 0 Å². The van der Waals surface area contributed by atoms with E-state index >= 15 is 0 Å². The number of aliphatic carboxylic acids is 1. The molecule has 0 aliphatic carbocycles. The Morgan fingerprint density at radius 2 is 2.19 bits per heavy atom. The molecule has 1 atom stereocenters. The van der Waals surface area contributed by atoms with E-state index in [4.69, 9.17) is 5.11 Å². The minimum Gasteiger partial charge on any atom is -0.481 e. The van der Waals surface area contributed by atoms with Crippen LogP contribution in [0.15, 0.2) is 27.1 Å². The minimum absolute atomic E-state index is 0.0000268. The van der Waals surface area contributed by atoms with Gasteiger partial charge in [0, 0.05) is 14.5 Å². The van der Waals surface area contributed by atoms with Crippen molar-refractivity contribution in [3.63, 3.8) is 0 Å². The average molecular weight is 418 g/mol. The molecule has 0 spiro atoms. The van der Waals surface area contributed by atoms with Crippen molar-refractivity contribution in [2.24, 2.45) is 0 Å². The van der Waals surface area contributed by atoms with Crippen LogP contribution in [-0.2, 0) is 4.79 Å². The van der Waals surface area contributed by atoms with Crippen molar-refractivity contribution >= 4 is 37.8 Å².